The lowest BCUT2D eigenvalue weighted by Crippen LogP contribution is -2.21. The molecule has 2 N–H and O–H groups in total. The van der Waals surface area contributed by atoms with E-state index in [9.17, 15) is 19.7 Å². The molecule has 7 heteroatoms. The Labute approximate surface area is 102 Å². The summed E-state index contributed by atoms with van der Waals surface area (Å²) in [7, 11) is 0. The predicted octanol–water partition coefficient (Wildman–Crippen LogP) is 0.852. The SMILES string of the molecule is O=C(O)C=CC(=O)NCc1ccccc1[N+](=O)[O-]. The number of nitro benzene ring substituents is 1. The lowest BCUT2D eigenvalue weighted by Gasteiger charge is -2.03. The molecule has 0 spiro atoms. The number of nitrogens with one attached hydrogen (secondary N) is 1. The Bertz CT molecular complexity index is 510. The molecule has 1 aromatic carbocycles. The Morgan fingerprint density at radius 1 is 1.33 bits per heavy atom. The van der Waals surface area contributed by atoms with Crippen LogP contribution in [0.4, 0.5) is 5.69 Å². The van der Waals surface area contributed by atoms with Gasteiger partial charge in [-0.2, -0.15) is 0 Å². The number of carbonyl (C=O) groups excluding carboxylic acids is 1. The van der Waals surface area contributed by atoms with Crippen LogP contribution in [0.1, 0.15) is 5.56 Å². The molecule has 0 aliphatic rings. The number of carboxylic acids is 1. The van der Waals surface area contributed by atoms with Crippen molar-refractivity contribution in [3.8, 4) is 0 Å². The number of nitrogens with zero attached hydrogens (tertiary/aromatic N) is 1. The molecule has 0 saturated carbocycles. The van der Waals surface area contributed by atoms with Gasteiger partial charge in [0.15, 0.2) is 0 Å². The maximum absolute atomic E-state index is 11.2. The van der Waals surface area contributed by atoms with Gasteiger partial charge >= 0.3 is 5.97 Å². The Morgan fingerprint density at radius 3 is 2.61 bits per heavy atom. The lowest BCUT2D eigenvalue weighted by atomic mass is 10.2. The molecule has 0 bridgehead atoms. The quantitative estimate of drug-likeness (QED) is 0.457. The van der Waals surface area contributed by atoms with Gasteiger partial charge in [-0.1, -0.05) is 18.2 Å². The minimum absolute atomic E-state index is 0.0417. The van der Waals surface area contributed by atoms with Crippen molar-refractivity contribution >= 4 is 17.6 Å². The van der Waals surface area contributed by atoms with E-state index in [1.54, 1.807) is 6.07 Å². The average molecular weight is 250 g/mol. The Kier molecular flexibility index (Phi) is 4.56. The minimum atomic E-state index is -1.24. The third-order valence-electron chi connectivity index (χ3n) is 2.02. The van der Waals surface area contributed by atoms with Crippen molar-refractivity contribution in [2.24, 2.45) is 0 Å². The molecule has 0 aromatic heterocycles. The Balaban J connectivity index is 2.67. The second-order valence-electron chi connectivity index (χ2n) is 3.28. The molecule has 1 rings (SSSR count). The van der Waals surface area contributed by atoms with E-state index in [0.717, 1.165) is 6.08 Å². The van der Waals surface area contributed by atoms with Crippen molar-refractivity contribution in [1.82, 2.24) is 5.32 Å². The summed E-state index contributed by atoms with van der Waals surface area (Å²) in [5.74, 6) is -1.87. The van der Waals surface area contributed by atoms with Gasteiger partial charge in [0.05, 0.1) is 4.92 Å². The summed E-state index contributed by atoms with van der Waals surface area (Å²) in [6, 6.07) is 5.98. The molecule has 0 saturated heterocycles. The highest BCUT2D eigenvalue weighted by atomic mass is 16.6. The van der Waals surface area contributed by atoms with Crippen LogP contribution < -0.4 is 5.32 Å². The molecule has 0 heterocycles. The molecule has 1 amide bonds. The van der Waals surface area contributed by atoms with Crippen molar-refractivity contribution in [2.75, 3.05) is 0 Å². The molecule has 94 valence electrons. The average Bonchev–Trinajstić information content (AvgIpc) is 2.34. The van der Waals surface area contributed by atoms with Crippen LogP contribution in [-0.2, 0) is 16.1 Å². The lowest BCUT2D eigenvalue weighted by molar-refractivity contribution is -0.385. The molecule has 0 radical (unpaired) electrons. The number of para-hydroxylation sites is 1. The number of aliphatic carboxylic acids is 1. The van der Waals surface area contributed by atoms with Crippen LogP contribution in [0.25, 0.3) is 0 Å². The highest BCUT2D eigenvalue weighted by molar-refractivity contribution is 5.93. The number of hydrogen-bond acceptors (Lipinski definition) is 4. The highest BCUT2D eigenvalue weighted by Crippen LogP contribution is 2.16. The van der Waals surface area contributed by atoms with E-state index in [-0.39, 0.29) is 12.2 Å². The van der Waals surface area contributed by atoms with E-state index in [1.165, 1.54) is 18.2 Å². The summed E-state index contributed by atoms with van der Waals surface area (Å²) in [5.41, 5.74) is 0.250. The van der Waals surface area contributed by atoms with Gasteiger partial charge in [0.25, 0.3) is 5.69 Å². The van der Waals surface area contributed by atoms with Gasteiger partial charge in [-0.05, 0) is 0 Å². The molecule has 1 aromatic rings. The predicted molar refractivity (Wildman–Crippen MR) is 61.7 cm³/mol. The number of carbonyl (C=O) groups is 2. The van der Waals surface area contributed by atoms with Gasteiger partial charge in [0.2, 0.25) is 5.91 Å². The fourth-order valence-corrected chi connectivity index (χ4v) is 1.23. The van der Waals surface area contributed by atoms with Gasteiger partial charge in [0.1, 0.15) is 0 Å². The zero-order chi connectivity index (χ0) is 13.5. The number of amides is 1. The van der Waals surface area contributed by atoms with Crippen LogP contribution in [0.3, 0.4) is 0 Å². The Morgan fingerprint density at radius 2 is 2.00 bits per heavy atom. The molecule has 7 nitrogen and oxygen atoms in total. The first-order chi connectivity index (χ1) is 8.50. The summed E-state index contributed by atoms with van der Waals surface area (Å²) in [4.78, 5) is 31.5. The van der Waals surface area contributed by atoms with Crippen molar-refractivity contribution < 1.29 is 19.6 Å². The van der Waals surface area contributed by atoms with Crippen LogP contribution in [0.2, 0.25) is 0 Å². The van der Waals surface area contributed by atoms with E-state index in [4.69, 9.17) is 5.11 Å². The standard InChI is InChI=1S/C11H10N2O5/c14-10(5-6-11(15)16)12-7-8-3-1-2-4-9(8)13(17)18/h1-6H,7H2,(H,12,14)(H,15,16). The largest absolute Gasteiger partial charge is 0.478 e. The van der Waals surface area contributed by atoms with Crippen LogP contribution in [0.5, 0.6) is 0 Å². The first kappa shape index (κ1) is 13.4. The van der Waals surface area contributed by atoms with E-state index in [2.05, 4.69) is 5.32 Å². The van der Waals surface area contributed by atoms with E-state index < -0.39 is 16.8 Å². The zero-order valence-electron chi connectivity index (χ0n) is 9.20. The topological polar surface area (TPSA) is 110 Å². The molecule has 0 atom stereocenters. The van der Waals surface area contributed by atoms with Gasteiger partial charge < -0.3 is 10.4 Å². The number of benzene rings is 1. The van der Waals surface area contributed by atoms with Crippen molar-refractivity contribution in [3.63, 3.8) is 0 Å². The van der Waals surface area contributed by atoms with Crippen molar-refractivity contribution in [2.45, 2.75) is 6.54 Å². The summed E-state index contributed by atoms with van der Waals surface area (Å²) < 4.78 is 0. The highest BCUT2D eigenvalue weighted by Gasteiger charge is 2.12. The van der Waals surface area contributed by atoms with Crippen LogP contribution in [0, 0.1) is 10.1 Å². The second-order valence-corrected chi connectivity index (χ2v) is 3.28. The van der Waals surface area contributed by atoms with E-state index in [1.807, 2.05) is 0 Å². The van der Waals surface area contributed by atoms with Crippen molar-refractivity contribution in [1.29, 1.82) is 0 Å². The fourth-order valence-electron chi connectivity index (χ4n) is 1.23. The van der Waals surface area contributed by atoms with Gasteiger partial charge in [-0.15, -0.1) is 0 Å². The van der Waals surface area contributed by atoms with Gasteiger partial charge in [-0.3, -0.25) is 14.9 Å². The van der Waals surface area contributed by atoms with Crippen molar-refractivity contribution in [3.05, 3.63) is 52.1 Å². The maximum atomic E-state index is 11.2. The maximum Gasteiger partial charge on any atom is 0.328 e. The summed E-state index contributed by atoms with van der Waals surface area (Å²) >= 11 is 0. The number of carboxylic acid groups (broad SMARTS) is 1. The molecule has 0 aliphatic carbocycles. The zero-order valence-corrected chi connectivity index (χ0v) is 9.20. The first-order valence-corrected chi connectivity index (χ1v) is 4.92. The third kappa shape index (κ3) is 4.05. The molecular weight excluding hydrogens is 240 g/mol. The summed E-state index contributed by atoms with van der Waals surface area (Å²) in [6.45, 7) is -0.0417. The Hall–Kier alpha value is -2.70. The van der Waals surface area contributed by atoms with E-state index >= 15 is 0 Å². The fraction of sp³-hybridized carbons (Fsp3) is 0.0909. The first-order valence-electron chi connectivity index (χ1n) is 4.92. The van der Waals surface area contributed by atoms with Crippen LogP contribution in [0.15, 0.2) is 36.4 Å². The number of hydrogen-bond donors (Lipinski definition) is 2. The molecule has 0 unspecified atom stereocenters. The summed E-state index contributed by atoms with van der Waals surface area (Å²) in [5, 5.41) is 21.3. The minimum Gasteiger partial charge on any atom is -0.478 e. The third-order valence-corrected chi connectivity index (χ3v) is 2.02. The molecule has 0 fully saturated rings. The number of rotatable bonds is 5. The van der Waals surface area contributed by atoms with Gasteiger partial charge in [0, 0.05) is 30.3 Å². The molecule has 18 heavy (non-hydrogen) atoms. The van der Waals surface area contributed by atoms with Crippen LogP contribution in [-0.4, -0.2) is 21.9 Å². The molecule has 0 aliphatic heterocycles. The van der Waals surface area contributed by atoms with E-state index in [0.29, 0.717) is 11.6 Å². The normalized spacial score (nSPS) is 10.2. The monoisotopic (exact) mass is 250 g/mol. The second kappa shape index (κ2) is 6.14. The smallest absolute Gasteiger partial charge is 0.328 e. The summed E-state index contributed by atoms with van der Waals surface area (Å²) in [6.07, 6.45) is 1.53. The molecular formula is C11H10N2O5. The number of nitro groups is 1. The van der Waals surface area contributed by atoms with Crippen LogP contribution >= 0.6 is 0 Å². The van der Waals surface area contributed by atoms with Gasteiger partial charge in [-0.25, -0.2) is 4.79 Å².